The molecule has 1 aromatic carbocycles. The first kappa shape index (κ1) is 25.4. The van der Waals surface area contributed by atoms with E-state index in [0.717, 1.165) is 44.5 Å². The Hall–Kier alpha value is -1.86. The summed E-state index contributed by atoms with van der Waals surface area (Å²) in [6.07, 6.45) is 8.30. The maximum Gasteiger partial charge on any atom is 0.220 e. The molecule has 2 rings (SSSR count). The number of ether oxygens (including phenoxy) is 1. The number of unbranched alkanes of at least 4 members (excludes halogenated alkanes) is 1. The summed E-state index contributed by atoms with van der Waals surface area (Å²) in [6.45, 7) is 8.39. The van der Waals surface area contributed by atoms with Crippen LogP contribution in [0.15, 0.2) is 24.3 Å². The number of benzene rings is 1. The van der Waals surface area contributed by atoms with Gasteiger partial charge < -0.3 is 20.7 Å². The third-order valence-electron chi connectivity index (χ3n) is 5.35. The molecule has 1 amide bonds. The van der Waals surface area contributed by atoms with Crippen molar-refractivity contribution in [3.63, 3.8) is 0 Å². The third kappa shape index (κ3) is 11.9. The number of piperidine rings is 1. The smallest absolute Gasteiger partial charge is 0.220 e. The molecule has 1 aliphatic heterocycles. The molecular weight excluding hydrogens is 408 g/mol. The van der Waals surface area contributed by atoms with Crippen LogP contribution in [0.3, 0.4) is 0 Å². The van der Waals surface area contributed by atoms with Crippen molar-refractivity contribution in [2.24, 2.45) is 0 Å². The Kier molecular flexibility index (Phi) is 13.0. The molecule has 0 spiro atoms. The molecule has 31 heavy (non-hydrogen) atoms. The molecule has 0 aliphatic carbocycles. The fourth-order valence-electron chi connectivity index (χ4n) is 3.58. The van der Waals surface area contributed by atoms with E-state index < -0.39 is 0 Å². The van der Waals surface area contributed by atoms with Crippen LogP contribution in [-0.2, 0) is 11.3 Å². The van der Waals surface area contributed by atoms with E-state index in [1.807, 2.05) is 6.07 Å². The molecule has 0 aromatic heterocycles. The van der Waals surface area contributed by atoms with Crippen molar-refractivity contribution < 1.29 is 9.53 Å². The summed E-state index contributed by atoms with van der Waals surface area (Å²) < 4.78 is 5.88. The quantitative estimate of drug-likeness (QED) is 0.299. The highest BCUT2D eigenvalue weighted by molar-refractivity contribution is 7.80. The maximum absolute atomic E-state index is 11.9. The second kappa shape index (κ2) is 15.9. The lowest BCUT2D eigenvalue weighted by atomic mass is 10.1. The number of carbonyl (C=O) groups is 1. The number of likely N-dealkylation sites (tertiary alicyclic amines) is 1. The molecular formula is C24H40N4O2S. The molecule has 1 saturated heterocycles. The minimum absolute atomic E-state index is 0.0789. The maximum atomic E-state index is 11.9. The zero-order valence-corrected chi connectivity index (χ0v) is 19.9. The van der Waals surface area contributed by atoms with E-state index in [2.05, 4.69) is 46.0 Å². The van der Waals surface area contributed by atoms with Crippen LogP contribution >= 0.6 is 12.2 Å². The first-order valence-corrected chi connectivity index (χ1v) is 12.3. The Morgan fingerprint density at radius 1 is 1.03 bits per heavy atom. The van der Waals surface area contributed by atoms with Crippen molar-refractivity contribution in [3.05, 3.63) is 29.8 Å². The second-order valence-electron chi connectivity index (χ2n) is 8.18. The van der Waals surface area contributed by atoms with E-state index in [1.54, 1.807) is 0 Å². The number of hydrogen-bond donors (Lipinski definition) is 3. The summed E-state index contributed by atoms with van der Waals surface area (Å²) in [4.78, 5) is 14.5. The van der Waals surface area contributed by atoms with Gasteiger partial charge in [-0.15, -0.1) is 0 Å². The van der Waals surface area contributed by atoms with Gasteiger partial charge in [0.2, 0.25) is 5.91 Å². The topological polar surface area (TPSA) is 65.6 Å². The average Bonchev–Trinajstić information content (AvgIpc) is 2.78. The zero-order chi connectivity index (χ0) is 22.2. The van der Waals surface area contributed by atoms with Gasteiger partial charge in [0.05, 0.1) is 6.61 Å². The lowest BCUT2D eigenvalue weighted by Crippen LogP contribution is -2.36. The first-order valence-electron chi connectivity index (χ1n) is 11.9. The van der Waals surface area contributed by atoms with Gasteiger partial charge in [0.25, 0.3) is 0 Å². The number of thiocarbonyl (C=S) groups is 1. The minimum Gasteiger partial charge on any atom is -0.494 e. The Morgan fingerprint density at radius 3 is 2.55 bits per heavy atom. The van der Waals surface area contributed by atoms with E-state index in [-0.39, 0.29) is 5.91 Å². The third-order valence-corrected chi connectivity index (χ3v) is 5.64. The summed E-state index contributed by atoms with van der Waals surface area (Å²) >= 11 is 5.20. The number of rotatable bonds is 14. The molecule has 1 fully saturated rings. The van der Waals surface area contributed by atoms with E-state index in [4.69, 9.17) is 17.0 Å². The van der Waals surface area contributed by atoms with Crippen LogP contribution in [0.25, 0.3) is 0 Å². The molecule has 0 atom stereocenters. The van der Waals surface area contributed by atoms with Gasteiger partial charge in [0.1, 0.15) is 5.75 Å². The van der Waals surface area contributed by atoms with Crippen molar-refractivity contribution in [2.45, 2.75) is 64.8 Å². The minimum atomic E-state index is 0.0789. The van der Waals surface area contributed by atoms with Crippen molar-refractivity contribution in [2.75, 3.05) is 39.3 Å². The zero-order valence-electron chi connectivity index (χ0n) is 19.1. The molecule has 1 heterocycles. The predicted octanol–water partition coefficient (Wildman–Crippen LogP) is 3.60. The van der Waals surface area contributed by atoms with E-state index in [0.29, 0.717) is 31.2 Å². The predicted molar refractivity (Wildman–Crippen MR) is 131 cm³/mol. The molecule has 174 valence electrons. The van der Waals surface area contributed by atoms with E-state index in [1.165, 1.54) is 37.9 Å². The van der Waals surface area contributed by atoms with Gasteiger partial charge in [-0.05, 0) is 75.1 Å². The lowest BCUT2D eigenvalue weighted by Gasteiger charge is -2.26. The van der Waals surface area contributed by atoms with Crippen LogP contribution in [-0.4, -0.2) is 55.3 Å². The molecule has 0 unspecified atom stereocenters. The van der Waals surface area contributed by atoms with Crippen LogP contribution in [0.2, 0.25) is 0 Å². The molecule has 3 N–H and O–H groups in total. The van der Waals surface area contributed by atoms with Gasteiger partial charge in [-0.25, -0.2) is 0 Å². The fraction of sp³-hybridized carbons (Fsp3) is 0.667. The second-order valence-corrected chi connectivity index (χ2v) is 8.58. The van der Waals surface area contributed by atoms with Gasteiger partial charge in [-0.1, -0.05) is 31.9 Å². The number of nitrogens with one attached hydrogen (secondary N) is 3. The van der Waals surface area contributed by atoms with Crippen molar-refractivity contribution in [3.8, 4) is 5.75 Å². The molecule has 0 bridgehead atoms. The Balaban J connectivity index is 1.49. The van der Waals surface area contributed by atoms with Crippen LogP contribution in [0, 0.1) is 0 Å². The number of amides is 1. The molecule has 0 radical (unpaired) electrons. The fourth-order valence-corrected chi connectivity index (χ4v) is 3.78. The van der Waals surface area contributed by atoms with Gasteiger partial charge in [-0.2, -0.15) is 0 Å². The largest absolute Gasteiger partial charge is 0.494 e. The van der Waals surface area contributed by atoms with Crippen LogP contribution in [0.4, 0.5) is 0 Å². The Labute approximate surface area is 193 Å². The molecule has 0 saturated carbocycles. The number of hydrogen-bond acceptors (Lipinski definition) is 4. The van der Waals surface area contributed by atoms with Gasteiger partial charge >= 0.3 is 0 Å². The highest BCUT2D eigenvalue weighted by atomic mass is 32.1. The summed E-state index contributed by atoms with van der Waals surface area (Å²) in [6, 6.07) is 8.38. The lowest BCUT2D eigenvalue weighted by molar-refractivity contribution is -0.121. The van der Waals surface area contributed by atoms with Crippen LogP contribution in [0.1, 0.15) is 63.9 Å². The average molecular weight is 449 g/mol. The van der Waals surface area contributed by atoms with E-state index >= 15 is 0 Å². The first-order chi connectivity index (χ1) is 15.2. The van der Waals surface area contributed by atoms with Crippen LogP contribution < -0.4 is 20.7 Å². The summed E-state index contributed by atoms with van der Waals surface area (Å²) in [5.41, 5.74) is 1.31. The highest BCUT2D eigenvalue weighted by Crippen LogP contribution is 2.17. The highest BCUT2D eigenvalue weighted by Gasteiger charge is 2.10. The molecule has 1 aliphatic rings. The van der Waals surface area contributed by atoms with Crippen LogP contribution in [0.5, 0.6) is 5.75 Å². The normalized spacial score (nSPS) is 14.1. The van der Waals surface area contributed by atoms with E-state index in [9.17, 15) is 4.79 Å². The van der Waals surface area contributed by atoms with Gasteiger partial charge in [0.15, 0.2) is 5.11 Å². The van der Waals surface area contributed by atoms with Gasteiger partial charge in [0, 0.05) is 32.6 Å². The SMILES string of the molecule is CCCCNC(=S)NCCCC(=O)NCCCOc1cccc(CN2CCCCC2)c1. The molecule has 7 heteroatoms. The van der Waals surface area contributed by atoms with Gasteiger partial charge in [-0.3, -0.25) is 9.69 Å². The Bertz CT molecular complexity index is 650. The monoisotopic (exact) mass is 448 g/mol. The number of carbonyl (C=O) groups excluding carboxylic acids is 1. The Morgan fingerprint density at radius 2 is 1.77 bits per heavy atom. The van der Waals surface area contributed by atoms with Crippen molar-refractivity contribution >= 4 is 23.2 Å². The van der Waals surface area contributed by atoms with Crippen molar-refractivity contribution in [1.29, 1.82) is 0 Å². The molecule has 1 aromatic rings. The van der Waals surface area contributed by atoms with Crippen molar-refractivity contribution in [1.82, 2.24) is 20.9 Å². The standard InChI is InChI=1S/C24H40N4O2S/c1-2-3-13-26-24(31)27-14-8-12-23(29)25-15-9-18-30-22-11-7-10-21(19-22)20-28-16-5-4-6-17-28/h7,10-11,19H,2-6,8-9,12-18,20H2,1H3,(H,25,29)(H2,26,27,31). The summed E-state index contributed by atoms with van der Waals surface area (Å²) in [5, 5.41) is 9.93. The summed E-state index contributed by atoms with van der Waals surface area (Å²) in [7, 11) is 0. The summed E-state index contributed by atoms with van der Waals surface area (Å²) in [5.74, 6) is 0.991. The molecule has 6 nitrogen and oxygen atoms in total. The number of nitrogens with zero attached hydrogens (tertiary/aromatic N) is 1.